The number of halogens is 2. The molecule has 0 aliphatic rings. The predicted octanol–water partition coefficient (Wildman–Crippen LogP) is 3.98. The van der Waals surface area contributed by atoms with Crippen molar-refractivity contribution in [2.24, 2.45) is 0 Å². The molecule has 0 saturated heterocycles. The largest absolute Gasteiger partial charge is 0.278 e. The first-order valence-corrected chi connectivity index (χ1v) is 8.67. The van der Waals surface area contributed by atoms with Crippen LogP contribution in [0.1, 0.15) is 10.6 Å². The number of sulfonamides is 1. The van der Waals surface area contributed by atoms with Crippen LogP contribution in [0.15, 0.2) is 27.0 Å². The van der Waals surface area contributed by atoms with Crippen molar-refractivity contribution < 1.29 is 8.42 Å². The lowest BCUT2D eigenvalue weighted by atomic mass is 10.2. The molecule has 102 valence electrons. The van der Waals surface area contributed by atoms with Crippen LogP contribution in [-0.4, -0.2) is 13.4 Å². The number of aryl methyl sites for hydroxylation is 2. The summed E-state index contributed by atoms with van der Waals surface area (Å²) in [5.41, 5.74) is 1.27. The molecule has 0 atom stereocenters. The molecular weight excluding hydrogens is 372 g/mol. The van der Waals surface area contributed by atoms with Gasteiger partial charge < -0.3 is 0 Å². The van der Waals surface area contributed by atoms with Gasteiger partial charge in [-0.15, -0.1) is 11.3 Å². The Balaban J connectivity index is 2.38. The van der Waals surface area contributed by atoms with Crippen LogP contribution in [0, 0.1) is 13.8 Å². The van der Waals surface area contributed by atoms with Crippen LogP contribution in [0.5, 0.6) is 0 Å². The molecule has 0 saturated carbocycles. The summed E-state index contributed by atoms with van der Waals surface area (Å²) in [4.78, 5) is 3.94. The number of thiazole rings is 1. The summed E-state index contributed by atoms with van der Waals surface area (Å²) in [6, 6.07) is 3.34. The molecule has 4 nitrogen and oxygen atoms in total. The Bertz CT molecular complexity index is 728. The smallest absolute Gasteiger partial charge is 0.273 e. The Morgan fingerprint density at radius 2 is 2.05 bits per heavy atom. The number of hydrogen-bond donors (Lipinski definition) is 1. The summed E-state index contributed by atoms with van der Waals surface area (Å²) in [6.07, 6.45) is 1.34. The molecule has 0 unspecified atom stereocenters. The highest BCUT2D eigenvalue weighted by molar-refractivity contribution is 9.10. The number of hydrogen-bond acceptors (Lipinski definition) is 4. The van der Waals surface area contributed by atoms with E-state index in [2.05, 4.69) is 25.6 Å². The first kappa shape index (κ1) is 14.8. The van der Waals surface area contributed by atoms with Gasteiger partial charge in [0.15, 0.2) is 4.21 Å². The van der Waals surface area contributed by atoms with Crippen molar-refractivity contribution in [1.82, 2.24) is 4.98 Å². The Labute approximate surface area is 129 Å². The van der Waals surface area contributed by atoms with Crippen molar-refractivity contribution in [2.45, 2.75) is 18.1 Å². The van der Waals surface area contributed by atoms with Gasteiger partial charge in [0.05, 0.1) is 16.9 Å². The van der Waals surface area contributed by atoms with E-state index in [1.807, 2.05) is 6.92 Å². The number of rotatable bonds is 3. The van der Waals surface area contributed by atoms with Crippen LogP contribution in [0.3, 0.4) is 0 Å². The number of benzene rings is 1. The van der Waals surface area contributed by atoms with Crippen LogP contribution in [0.4, 0.5) is 5.69 Å². The van der Waals surface area contributed by atoms with E-state index < -0.39 is 10.0 Å². The van der Waals surface area contributed by atoms with Gasteiger partial charge in [-0.25, -0.2) is 13.4 Å². The second-order valence-corrected chi connectivity index (χ2v) is 8.29. The van der Waals surface area contributed by atoms with E-state index >= 15 is 0 Å². The van der Waals surface area contributed by atoms with Gasteiger partial charge in [0, 0.05) is 9.50 Å². The maximum atomic E-state index is 12.2. The third-order valence-electron chi connectivity index (χ3n) is 2.36. The summed E-state index contributed by atoms with van der Waals surface area (Å²) >= 11 is 10.4. The van der Waals surface area contributed by atoms with E-state index in [-0.39, 0.29) is 4.21 Å². The van der Waals surface area contributed by atoms with Crippen LogP contribution < -0.4 is 4.72 Å². The lowest BCUT2D eigenvalue weighted by molar-refractivity contribution is 0.603. The van der Waals surface area contributed by atoms with Crippen molar-refractivity contribution in [3.63, 3.8) is 0 Å². The Kier molecular flexibility index (Phi) is 4.20. The van der Waals surface area contributed by atoms with Gasteiger partial charge in [0.25, 0.3) is 10.0 Å². The van der Waals surface area contributed by atoms with E-state index in [0.717, 1.165) is 16.9 Å². The normalized spacial score (nSPS) is 11.6. The fraction of sp³-hybridized carbons (Fsp3) is 0.182. The predicted molar refractivity (Wildman–Crippen MR) is 81.5 cm³/mol. The van der Waals surface area contributed by atoms with E-state index in [9.17, 15) is 8.42 Å². The Hall–Kier alpha value is -0.630. The third-order valence-corrected chi connectivity index (χ3v) is 6.16. The van der Waals surface area contributed by atoms with E-state index in [4.69, 9.17) is 11.6 Å². The molecule has 0 bridgehead atoms. The van der Waals surface area contributed by atoms with Crippen LogP contribution in [-0.2, 0) is 10.0 Å². The van der Waals surface area contributed by atoms with Gasteiger partial charge in [-0.05, 0) is 47.5 Å². The minimum absolute atomic E-state index is 0.175. The lowest BCUT2D eigenvalue weighted by Gasteiger charge is -2.10. The molecule has 0 fully saturated rings. The monoisotopic (exact) mass is 380 g/mol. The van der Waals surface area contributed by atoms with Gasteiger partial charge in [0.2, 0.25) is 0 Å². The number of nitrogens with one attached hydrogen (secondary N) is 1. The van der Waals surface area contributed by atoms with E-state index in [1.165, 1.54) is 6.20 Å². The molecule has 0 spiro atoms. The zero-order chi connectivity index (χ0) is 14.2. The second-order valence-electron chi connectivity index (χ2n) is 3.89. The second kappa shape index (κ2) is 5.40. The summed E-state index contributed by atoms with van der Waals surface area (Å²) < 4.78 is 27.6. The lowest BCUT2D eigenvalue weighted by Crippen LogP contribution is -2.12. The van der Waals surface area contributed by atoms with Gasteiger partial charge in [-0.1, -0.05) is 11.6 Å². The molecule has 1 heterocycles. The minimum atomic E-state index is -3.63. The highest BCUT2D eigenvalue weighted by Crippen LogP contribution is 2.31. The molecular formula is C11H10BrClN2O2S2. The molecule has 19 heavy (non-hydrogen) atoms. The number of nitrogens with zero attached hydrogens (tertiary/aromatic N) is 1. The van der Waals surface area contributed by atoms with Crippen LogP contribution >= 0.6 is 38.9 Å². The number of anilines is 1. The molecule has 8 heteroatoms. The van der Waals surface area contributed by atoms with E-state index in [0.29, 0.717) is 20.2 Å². The molecule has 1 aromatic heterocycles. The molecule has 0 amide bonds. The Morgan fingerprint density at radius 3 is 2.63 bits per heavy atom. The fourth-order valence-electron chi connectivity index (χ4n) is 1.39. The number of aromatic nitrogens is 1. The molecule has 1 aromatic carbocycles. The molecule has 0 aliphatic heterocycles. The summed E-state index contributed by atoms with van der Waals surface area (Å²) in [7, 11) is -3.63. The average Bonchev–Trinajstić information content (AvgIpc) is 2.73. The standard InChI is InChI=1S/C11H10BrClN2O2S2/c1-6-3-8(12)10(4-9(6)13)15-19(16,17)11-5-14-7(2)18-11/h3-5,15H,1-2H3. The SMILES string of the molecule is Cc1ncc(S(=O)(=O)Nc2cc(Cl)c(C)cc2Br)s1. The van der Waals surface area contributed by atoms with Gasteiger partial charge >= 0.3 is 0 Å². The zero-order valence-corrected chi connectivity index (χ0v) is 14.0. The molecule has 0 radical (unpaired) electrons. The molecule has 1 N–H and O–H groups in total. The Morgan fingerprint density at radius 1 is 1.37 bits per heavy atom. The van der Waals surface area contributed by atoms with Crippen LogP contribution in [0.2, 0.25) is 5.02 Å². The minimum Gasteiger partial charge on any atom is -0.278 e. The van der Waals surface area contributed by atoms with Crippen molar-refractivity contribution in [2.75, 3.05) is 4.72 Å². The molecule has 2 rings (SSSR count). The van der Waals surface area contributed by atoms with Crippen LogP contribution in [0.25, 0.3) is 0 Å². The summed E-state index contributed by atoms with van der Waals surface area (Å²) in [6.45, 7) is 3.60. The highest BCUT2D eigenvalue weighted by Gasteiger charge is 2.19. The third kappa shape index (κ3) is 3.28. The quantitative estimate of drug-likeness (QED) is 0.875. The summed E-state index contributed by atoms with van der Waals surface area (Å²) in [5, 5.41) is 1.20. The first-order valence-electron chi connectivity index (χ1n) is 5.20. The maximum Gasteiger partial charge on any atom is 0.273 e. The van der Waals surface area contributed by atoms with Gasteiger partial charge in [-0.2, -0.15) is 0 Å². The first-order chi connectivity index (χ1) is 8.79. The van der Waals surface area contributed by atoms with Crippen molar-refractivity contribution in [3.8, 4) is 0 Å². The van der Waals surface area contributed by atoms with Crippen molar-refractivity contribution >= 4 is 54.6 Å². The topological polar surface area (TPSA) is 59.1 Å². The highest BCUT2D eigenvalue weighted by atomic mass is 79.9. The summed E-state index contributed by atoms with van der Waals surface area (Å²) in [5.74, 6) is 0. The van der Waals surface area contributed by atoms with Crippen molar-refractivity contribution in [3.05, 3.63) is 38.4 Å². The average molecular weight is 382 g/mol. The van der Waals surface area contributed by atoms with Gasteiger partial charge in [-0.3, -0.25) is 4.72 Å². The van der Waals surface area contributed by atoms with Crippen molar-refractivity contribution in [1.29, 1.82) is 0 Å². The van der Waals surface area contributed by atoms with Gasteiger partial charge in [0.1, 0.15) is 0 Å². The zero-order valence-electron chi connectivity index (χ0n) is 10.1. The fourth-order valence-corrected chi connectivity index (χ4v) is 4.42. The van der Waals surface area contributed by atoms with E-state index in [1.54, 1.807) is 19.1 Å². The maximum absolute atomic E-state index is 12.2. The molecule has 0 aliphatic carbocycles. The molecule has 2 aromatic rings.